The lowest BCUT2D eigenvalue weighted by atomic mass is 9.85. The third kappa shape index (κ3) is 3.63. The molecule has 0 amide bonds. The summed E-state index contributed by atoms with van der Waals surface area (Å²) >= 11 is 0. The van der Waals surface area contributed by atoms with Crippen molar-refractivity contribution >= 4 is 11.9 Å². The minimum Gasteiger partial charge on any atom is -0.422 e. The molecular weight excluding hydrogens is 304 g/mol. The Kier molecular flexibility index (Phi) is 4.31. The highest BCUT2D eigenvalue weighted by atomic mass is 16.7. The fourth-order valence-corrected chi connectivity index (χ4v) is 2.43. The Labute approximate surface area is 131 Å². The van der Waals surface area contributed by atoms with Crippen LogP contribution in [0.1, 0.15) is 30.9 Å². The van der Waals surface area contributed by atoms with Crippen molar-refractivity contribution in [2.24, 2.45) is 5.92 Å². The summed E-state index contributed by atoms with van der Waals surface area (Å²) in [5.74, 6) is -5.56. The molecule has 0 radical (unpaired) electrons. The van der Waals surface area contributed by atoms with Gasteiger partial charge in [-0.05, 0) is 17.7 Å². The molecule has 8 heteroatoms. The Morgan fingerprint density at radius 3 is 2.22 bits per heavy atom. The number of hydrogen-bond donors (Lipinski definition) is 0. The summed E-state index contributed by atoms with van der Waals surface area (Å²) in [7, 11) is 0. The molecule has 1 aliphatic heterocycles. The van der Waals surface area contributed by atoms with Crippen molar-refractivity contribution in [1.82, 2.24) is 0 Å². The van der Waals surface area contributed by atoms with Crippen LogP contribution in [0.3, 0.4) is 0 Å². The van der Waals surface area contributed by atoms with Crippen LogP contribution in [0.15, 0.2) is 24.3 Å². The van der Waals surface area contributed by atoms with Gasteiger partial charge in [-0.2, -0.15) is 5.26 Å². The van der Waals surface area contributed by atoms with E-state index < -0.39 is 41.0 Å². The van der Waals surface area contributed by atoms with Gasteiger partial charge in [-0.25, -0.2) is 0 Å². The maximum Gasteiger partial charge on any atom is 0.324 e. The number of carbonyl (C=O) groups excluding carboxylic acids is 2. The van der Waals surface area contributed by atoms with E-state index in [0.29, 0.717) is 11.1 Å². The number of nitrogens with zero attached hydrogens (tertiary/aromatic N) is 2. The predicted molar refractivity (Wildman–Crippen MR) is 75.5 cm³/mol. The van der Waals surface area contributed by atoms with E-state index in [0.717, 1.165) is 0 Å². The van der Waals surface area contributed by atoms with Crippen molar-refractivity contribution in [2.45, 2.75) is 25.6 Å². The highest BCUT2D eigenvalue weighted by Gasteiger charge is 2.49. The second-order valence-electron chi connectivity index (χ2n) is 5.58. The molecule has 1 aromatic carbocycles. The number of hydrogen-bond acceptors (Lipinski definition) is 7. The number of benzene rings is 1. The Balaban J connectivity index is 2.38. The molecule has 0 spiro atoms. The summed E-state index contributed by atoms with van der Waals surface area (Å²) in [4.78, 5) is 34.6. The summed E-state index contributed by atoms with van der Waals surface area (Å²) in [5.41, 5.74) is 0.753. The number of esters is 2. The van der Waals surface area contributed by atoms with Gasteiger partial charge in [0.25, 0.3) is 5.79 Å². The number of rotatable bonds is 4. The average molecular weight is 318 g/mol. The zero-order chi connectivity index (χ0) is 17.2. The number of nitro groups is 1. The first-order valence-electron chi connectivity index (χ1n) is 6.81. The minimum atomic E-state index is -1.42. The highest BCUT2D eigenvalue weighted by molar-refractivity contribution is 5.97. The molecule has 1 aromatic rings. The van der Waals surface area contributed by atoms with Gasteiger partial charge in [-0.3, -0.25) is 19.7 Å². The first-order chi connectivity index (χ1) is 10.7. The van der Waals surface area contributed by atoms with Crippen molar-refractivity contribution in [2.75, 3.05) is 6.54 Å². The van der Waals surface area contributed by atoms with Gasteiger partial charge in [0.2, 0.25) is 6.54 Å². The smallest absolute Gasteiger partial charge is 0.324 e. The molecule has 23 heavy (non-hydrogen) atoms. The minimum absolute atomic E-state index is 0.364. The number of carbonyl (C=O) groups is 2. The monoisotopic (exact) mass is 318 g/mol. The molecule has 1 heterocycles. The first-order valence-corrected chi connectivity index (χ1v) is 6.81. The lowest BCUT2D eigenvalue weighted by Gasteiger charge is -2.35. The van der Waals surface area contributed by atoms with Crippen LogP contribution in [-0.4, -0.2) is 29.2 Å². The molecule has 0 saturated carbocycles. The fourth-order valence-electron chi connectivity index (χ4n) is 2.43. The van der Waals surface area contributed by atoms with Crippen molar-refractivity contribution in [3.63, 3.8) is 0 Å². The predicted octanol–water partition coefficient (Wildman–Crippen LogP) is 1.37. The zero-order valence-electron chi connectivity index (χ0n) is 12.5. The average Bonchev–Trinajstić information content (AvgIpc) is 2.44. The zero-order valence-corrected chi connectivity index (χ0v) is 12.5. The van der Waals surface area contributed by atoms with Crippen molar-refractivity contribution in [1.29, 1.82) is 5.26 Å². The molecule has 120 valence electrons. The van der Waals surface area contributed by atoms with Crippen LogP contribution in [0.5, 0.6) is 0 Å². The second kappa shape index (κ2) is 6.04. The largest absolute Gasteiger partial charge is 0.422 e. The summed E-state index contributed by atoms with van der Waals surface area (Å²) in [6, 6.07) is 7.81. The molecule has 1 unspecified atom stereocenters. The second-order valence-corrected chi connectivity index (χ2v) is 5.58. The molecule has 0 N–H and O–H groups in total. The Hall–Kier alpha value is -2.95. The summed E-state index contributed by atoms with van der Waals surface area (Å²) in [5, 5.41) is 19.7. The van der Waals surface area contributed by atoms with E-state index in [-0.39, 0.29) is 0 Å². The van der Waals surface area contributed by atoms with E-state index in [1.165, 1.54) is 38.1 Å². The van der Waals surface area contributed by atoms with Gasteiger partial charge >= 0.3 is 11.9 Å². The molecule has 1 saturated heterocycles. The topological polar surface area (TPSA) is 120 Å². The molecule has 0 aromatic heterocycles. The summed E-state index contributed by atoms with van der Waals surface area (Å²) < 4.78 is 10.1. The molecule has 0 bridgehead atoms. The van der Waals surface area contributed by atoms with E-state index in [1.807, 2.05) is 6.07 Å². The molecule has 0 aliphatic carbocycles. The molecule has 1 aliphatic rings. The Morgan fingerprint density at radius 2 is 1.78 bits per heavy atom. The fraction of sp³-hybridized carbons (Fsp3) is 0.400. The third-order valence-corrected chi connectivity index (χ3v) is 3.42. The third-order valence-electron chi connectivity index (χ3n) is 3.42. The maximum absolute atomic E-state index is 12.1. The van der Waals surface area contributed by atoms with Gasteiger partial charge in [0.1, 0.15) is 0 Å². The highest BCUT2D eigenvalue weighted by Crippen LogP contribution is 2.33. The van der Waals surface area contributed by atoms with E-state index in [4.69, 9.17) is 14.7 Å². The lowest BCUT2D eigenvalue weighted by molar-refractivity contribution is -0.484. The van der Waals surface area contributed by atoms with Crippen molar-refractivity contribution in [3.05, 3.63) is 45.5 Å². The van der Waals surface area contributed by atoms with Crippen LogP contribution in [0.4, 0.5) is 0 Å². The first kappa shape index (κ1) is 16.4. The van der Waals surface area contributed by atoms with Crippen molar-refractivity contribution < 1.29 is 24.0 Å². The Bertz CT molecular complexity index is 669. The SMILES string of the molecule is CC1(C)OC(=O)C(C(C[N+](=O)[O-])c2ccc(C#N)cc2)C(=O)O1. The summed E-state index contributed by atoms with van der Waals surface area (Å²) in [6.07, 6.45) is 0. The summed E-state index contributed by atoms with van der Waals surface area (Å²) in [6.45, 7) is 2.17. The quantitative estimate of drug-likeness (QED) is 0.356. The van der Waals surface area contributed by atoms with E-state index in [2.05, 4.69) is 0 Å². The van der Waals surface area contributed by atoms with Crippen LogP contribution >= 0.6 is 0 Å². The molecule has 1 atom stereocenters. The van der Waals surface area contributed by atoms with Crippen molar-refractivity contribution in [3.8, 4) is 6.07 Å². The van der Waals surface area contributed by atoms with Gasteiger partial charge in [0.05, 0.1) is 17.6 Å². The van der Waals surface area contributed by atoms with E-state index in [9.17, 15) is 19.7 Å². The molecular formula is C15H14N2O6. The standard InChI is InChI=1S/C15H14N2O6/c1-15(2)22-13(18)12(14(19)23-15)11(8-17(20)21)10-5-3-9(7-16)4-6-10/h3-6,11-12H,8H2,1-2H3. The van der Waals surface area contributed by atoms with Gasteiger partial charge in [-0.1, -0.05) is 12.1 Å². The van der Waals surface area contributed by atoms with Crippen LogP contribution in [0, 0.1) is 27.4 Å². The number of cyclic esters (lactones) is 2. The molecule has 8 nitrogen and oxygen atoms in total. The van der Waals surface area contributed by atoms with Gasteiger partial charge in [-0.15, -0.1) is 0 Å². The van der Waals surface area contributed by atoms with E-state index >= 15 is 0 Å². The van der Waals surface area contributed by atoms with Gasteiger partial charge in [0.15, 0.2) is 5.92 Å². The van der Waals surface area contributed by atoms with Crippen LogP contribution in [0.25, 0.3) is 0 Å². The maximum atomic E-state index is 12.1. The number of nitriles is 1. The normalized spacial score (nSPS) is 18.5. The molecule has 2 rings (SSSR count). The van der Waals surface area contributed by atoms with Gasteiger partial charge in [0, 0.05) is 18.8 Å². The number of ether oxygens (including phenoxy) is 2. The molecule has 1 fully saturated rings. The van der Waals surface area contributed by atoms with Gasteiger partial charge < -0.3 is 9.47 Å². The Morgan fingerprint density at radius 1 is 1.26 bits per heavy atom. The van der Waals surface area contributed by atoms with E-state index in [1.54, 1.807) is 0 Å². The lowest BCUT2D eigenvalue weighted by Crippen LogP contribution is -2.49. The van der Waals surface area contributed by atoms with Crippen LogP contribution < -0.4 is 0 Å². The van der Waals surface area contributed by atoms with Crippen LogP contribution in [-0.2, 0) is 19.1 Å². The van der Waals surface area contributed by atoms with Crippen LogP contribution in [0.2, 0.25) is 0 Å².